The van der Waals surface area contributed by atoms with E-state index in [2.05, 4.69) is 17.6 Å². The van der Waals surface area contributed by atoms with Crippen LogP contribution in [-0.2, 0) is 22.3 Å². The molecular weight excluding hydrogens is 391 g/mol. The molecule has 2 rings (SSSR count). The average molecular weight is 406 g/mol. The summed E-state index contributed by atoms with van der Waals surface area (Å²) in [6, 6.07) is 6.44. The van der Waals surface area contributed by atoms with E-state index in [1.807, 2.05) is 0 Å². The van der Waals surface area contributed by atoms with Crippen LogP contribution in [0.3, 0.4) is 0 Å². The first kappa shape index (κ1) is 20.5. The molecule has 1 aromatic heterocycles. The molecule has 2 aromatic rings. The second kappa shape index (κ2) is 8.75. The van der Waals surface area contributed by atoms with Gasteiger partial charge >= 0.3 is 12.1 Å². The van der Waals surface area contributed by atoms with Gasteiger partial charge < -0.3 is 9.84 Å². The predicted molar refractivity (Wildman–Crippen MR) is 92.8 cm³/mol. The van der Waals surface area contributed by atoms with Crippen LogP contribution in [-0.4, -0.2) is 21.8 Å². The lowest BCUT2D eigenvalue weighted by atomic mass is 9.99. The zero-order valence-corrected chi connectivity index (χ0v) is 14.9. The van der Waals surface area contributed by atoms with Crippen molar-refractivity contribution in [3.05, 3.63) is 64.4 Å². The fourth-order valence-electron chi connectivity index (χ4n) is 2.23. The molecule has 0 fully saturated rings. The van der Waals surface area contributed by atoms with Gasteiger partial charge in [0.15, 0.2) is 0 Å². The Labute approximate surface area is 158 Å². The topological polar surface area (TPSA) is 59.4 Å². The van der Waals surface area contributed by atoms with E-state index in [9.17, 15) is 23.1 Å². The average Bonchev–Trinajstić information content (AvgIpc) is 2.61. The summed E-state index contributed by atoms with van der Waals surface area (Å²) in [4.78, 5) is 16.1. The minimum absolute atomic E-state index is 0.0106. The normalized spacial score (nSPS) is 13.9. The van der Waals surface area contributed by atoms with E-state index >= 15 is 0 Å². The summed E-state index contributed by atoms with van der Waals surface area (Å²) in [7, 11) is 0. The molecule has 0 aliphatic rings. The van der Waals surface area contributed by atoms with Gasteiger partial charge in [-0.3, -0.25) is 9.78 Å². The molecule has 2 unspecified atom stereocenters. The van der Waals surface area contributed by atoms with Crippen LogP contribution in [0.5, 0.6) is 0 Å². The molecule has 1 aromatic carbocycles. The van der Waals surface area contributed by atoms with Crippen LogP contribution in [0, 0.1) is 5.92 Å². The molecule has 4 nitrogen and oxygen atoms in total. The number of carbonyl (C=O) groups excluding carboxylic acids is 1. The van der Waals surface area contributed by atoms with Gasteiger partial charge in [0.1, 0.15) is 6.61 Å². The third-order valence-electron chi connectivity index (χ3n) is 3.62. The monoisotopic (exact) mass is 405 g/mol. The van der Waals surface area contributed by atoms with Crippen LogP contribution in [0.1, 0.15) is 22.8 Å². The highest BCUT2D eigenvalue weighted by molar-refractivity contribution is 7.80. The van der Waals surface area contributed by atoms with Crippen molar-refractivity contribution in [2.75, 3.05) is 5.75 Å². The first-order chi connectivity index (χ1) is 12.2. The number of aromatic nitrogens is 1. The largest absolute Gasteiger partial charge is 0.460 e. The van der Waals surface area contributed by atoms with Crippen LogP contribution in [0.2, 0.25) is 5.02 Å². The Bertz CT molecular complexity index is 759. The lowest BCUT2D eigenvalue weighted by Gasteiger charge is -2.20. The third kappa shape index (κ3) is 5.12. The van der Waals surface area contributed by atoms with E-state index in [1.165, 1.54) is 18.5 Å². The molecule has 0 bridgehead atoms. The zero-order chi connectivity index (χ0) is 19.3. The first-order valence-electron chi connectivity index (χ1n) is 7.45. The molecule has 9 heteroatoms. The smallest absolute Gasteiger partial charge is 0.417 e. The Kier molecular flexibility index (Phi) is 6.91. The SMILES string of the molecule is O=C(OCc1ccc(Cl)c(C(F)(F)F)c1)C(CS)C(O)c1cccnc1. The highest BCUT2D eigenvalue weighted by Gasteiger charge is 2.33. The van der Waals surface area contributed by atoms with Crippen LogP contribution < -0.4 is 0 Å². The second-order valence-electron chi connectivity index (χ2n) is 5.44. The number of aliphatic hydroxyl groups excluding tert-OH is 1. The molecule has 0 aliphatic heterocycles. The molecule has 140 valence electrons. The van der Waals surface area contributed by atoms with Gasteiger partial charge in [0.25, 0.3) is 0 Å². The first-order valence-corrected chi connectivity index (χ1v) is 8.46. The number of pyridine rings is 1. The van der Waals surface area contributed by atoms with Crippen molar-refractivity contribution < 1.29 is 27.8 Å². The molecule has 1 N–H and O–H groups in total. The van der Waals surface area contributed by atoms with Crippen LogP contribution >= 0.6 is 24.2 Å². The van der Waals surface area contributed by atoms with Gasteiger partial charge in [0, 0.05) is 18.1 Å². The Morgan fingerprint density at radius 1 is 1.35 bits per heavy atom. The number of alkyl halides is 3. The number of hydrogen-bond donors (Lipinski definition) is 2. The summed E-state index contributed by atoms with van der Waals surface area (Å²) in [5, 5.41) is 9.84. The molecule has 26 heavy (non-hydrogen) atoms. The van der Waals surface area contributed by atoms with Gasteiger partial charge in [0.05, 0.1) is 22.6 Å². The van der Waals surface area contributed by atoms with E-state index in [-0.39, 0.29) is 17.9 Å². The van der Waals surface area contributed by atoms with Gasteiger partial charge in [-0.15, -0.1) is 0 Å². The number of rotatable bonds is 6. The van der Waals surface area contributed by atoms with Crippen molar-refractivity contribution in [3.63, 3.8) is 0 Å². The number of nitrogens with zero attached hydrogens (tertiary/aromatic N) is 1. The molecule has 0 radical (unpaired) electrons. The van der Waals surface area contributed by atoms with E-state index in [1.54, 1.807) is 12.1 Å². The van der Waals surface area contributed by atoms with Crippen LogP contribution in [0.15, 0.2) is 42.7 Å². The van der Waals surface area contributed by atoms with E-state index in [4.69, 9.17) is 16.3 Å². The Morgan fingerprint density at radius 2 is 2.08 bits per heavy atom. The lowest BCUT2D eigenvalue weighted by Crippen LogP contribution is -2.26. The number of hydrogen-bond acceptors (Lipinski definition) is 5. The highest BCUT2D eigenvalue weighted by atomic mass is 35.5. The summed E-state index contributed by atoms with van der Waals surface area (Å²) < 4.78 is 43.6. The Morgan fingerprint density at radius 3 is 2.65 bits per heavy atom. The van der Waals surface area contributed by atoms with Gasteiger partial charge in [-0.1, -0.05) is 23.7 Å². The Balaban J connectivity index is 2.07. The minimum Gasteiger partial charge on any atom is -0.460 e. The standard InChI is InChI=1S/C17H15ClF3NO3S/c18-14-4-3-10(6-13(14)17(19,20)21)8-25-16(24)12(9-26)15(23)11-2-1-5-22-7-11/h1-7,12,15,23,26H,8-9H2. The predicted octanol–water partition coefficient (Wildman–Crippen LogP) is 4.08. The number of ether oxygens (including phenoxy) is 1. The number of carbonyl (C=O) groups is 1. The molecule has 0 spiro atoms. The molecule has 0 saturated carbocycles. The summed E-state index contributed by atoms with van der Waals surface area (Å²) in [5.74, 6) is -1.78. The van der Waals surface area contributed by atoms with Crippen molar-refractivity contribution in [2.45, 2.75) is 18.9 Å². The summed E-state index contributed by atoms with van der Waals surface area (Å²) in [6.07, 6.45) is -2.88. The number of halogens is 4. The minimum atomic E-state index is -4.61. The lowest BCUT2D eigenvalue weighted by molar-refractivity contribution is -0.153. The van der Waals surface area contributed by atoms with Crippen molar-refractivity contribution >= 4 is 30.2 Å². The fraction of sp³-hybridized carbons (Fsp3) is 0.294. The molecule has 0 saturated heterocycles. The highest BCUT2D eigenvalue weighted by Crippen LogP contribution is 2.35. The van der Waals surface area contributed by atoms with Crippen LogP contribution in [0.25, 0.3) is 0 Å². The maximum Gasteiger partial charge on any atom is 0.417 e. The molecular formula is C17H15ClF3NO3S. The Hall–Kier alpha value is -1.77. The third-order valence-corrected chi connectivity index (χ3v) is 4.35. The summed E-state index contributed by atoms with van der Waals surface area (Å²) in [5.41, 5.74) is -0.466. The number of esters is 1. The number of benzene rings is 1. The van der Waals surface area contributed by atoms with Gasteiger partial charge in [-0.05, 0) is 29.3 Å². The van der Waals surface area contributed by atoms with Crippen molar-refractivity contribution in [3.8, 4) is 0 Å². The number of aliphatic hydroxyl groups is 1. The molecule has 2 atom stereocenters. The second-order valence-corrected chi connectivity index (χ2v) is 6.21. The van der Waals surface area contributed by atoms with Gasteiger partial charge in [-0.2, -0.15) is 25.8 Å². The van der Waals surface area contributed by atoms with E-state index in [0.717, 1.165) is 12.1 Å². The quantitative estimate of drug-likeness (QED) is 0.561. The molecule has 1 heterocycles. The van der Waals surface area contributed by atoms with Crippen molar-refractivity contribution in [1.82, 2.24) is 4.98 Å². The maximum atomic E-state index is 12.9. The number of thiol groups is 1. The molecule has 0 aliphatic carbocycles. The molecule has 0 amide bonds. The fourth-order valence-corrected chi connectivity index (χ4v) is 2.80. The summed E-state index contributed by atoms with van der Waals surface area (Å²) in [6.45, 7) is -0.386. The van der Waals surface area contributed by atoms with Crippen molar-refractivity contribution in [1.29, 1.82) is 0 Å². The van der Waals surface area contributed by atoms with Crippen LogP contribution in [0.4, 0.5) is 13.2 Å². The van der Waals surface area contributed by atoms with Gasteiger partial charge in [-0.25, -0.2) is 0 Å². The van der Waals surface area contributed by atoms with Gasteiger partial charge in [0.2, 0.25) is 0 Å². The van der Waals surface area contributed by atoms with E-state index < -0.39 is 34.8 Å². The van der Waals surface area contributed by atoms with E-state index in [0.29, 0.717) is 5.56 Å². The maximum absolute atomic E-state index is 12.9. The summed E-state index contributed by atoms with van der Waals surface area (Å²) >= 11 is 9.59. The van der Waals surface area contributed by atoms with Crippen molar-refractivity contribution in [2.24, 2.45) is 5.92 Å². The zero-order valence-electron chi connectivity index (χ0n) is 13.3.